The minimum Gasteiger partial charge on any atom is -0.489 e. The van der Waals surface area contributed by atoms with Crippen LogP contribution in [0.4, 0.5) is 5.69 Å². The van der Waals surface area contributed by atoms with E-state index in [1.165, 1.54) is 0 Å². The monoisotopic (exact) mass is 372 g/mol. The molecule has 0 aromatic heterocycles. The summed E-state index contributed by atoms with van der Waals surface area (Å²) in [5, 5.41) is 5.97. The normalized spacial score (nSPS) is 10.2. The maximum absolute atomic E-state index is 12.2. The topological polar surface area (TPSA) is 59.6 Å². The number of hydrogen-bond acceptors (Lipinski definition) is 4. The highest BCUT2D eigenvalue weighted by Gasteiger charge is 2.10. The number of para-hydroxylation sites is 2. The van der Waals surface area contributed by atoms with Gasteiger partial charge in [0.25, 0.3) is 0 Å². The van der Waals surface area contributed by atoms with Crippen molar-refractivity contribution in [2.75, 3.05) is 25.1 Å². The number of nitrogens with one attached hydrogen (secondary N) is 2. The van der Waals surface area contributed by atoms with E-state index in [1.54, 1.807) is 0 Å². The highest BCUT2D eigenvalue weighted by atomic mass is 32.1. The highest BCUT2D eigenvalue weighted by molar-refractivity contribution is 7.80. The Hall–Kier alpha value is -2.44. The SMILES string of the molecule is CCOCCOc1ccccc1NC(=S)NC(=O)Cc1ccccc1C. The van der Waals surface area contributed by atoms with E-state index in [1.807, 2.05) is 62.4 Å². The molecule has 0 unspecified atom stereocenters. The molecular formula is C20H24N2O3S. The molecule has 2 N–H and O–H groups in total. The number of carbonyl (C=O) groups is 1. The summed E-state index contributed by atoms with van der Waals surface area (Å²) in [6.45, 7) is 5.53. The lowest BCUT2D eigenvalue weighted by Gasteiger charge is -2.14. The van der Waals surface area contributed by atoms with E-state index in [4.69, 9.17) is 21.7 Å². The zero-order valence-electron chi connectivity index (χ0n) is 15.1. The number of anilines is 1. The van der Waals surface area contributed by atoms with Gasteiger partial charge >= 0.3 is 0 Å². The molecule has 26 heavy (non-hydrogen) atoms. The van der Waals surface area contributed by atoms with Gasteiger partial charge in [-0.1, -0.05) is 36.4 Å². The summed E-state index contributed by atoms with van der Waals surface area (Å²) in [6.07, 6.45) is 0.279. The van der Waals surface area contributed by atoms with Crippen LogP contribution in [0.3, 0.4) is 0 Å². The minimum absolute atomic E-state index is 0.161. The first-order chi connectivity index (χ1) is 12.6. The summed E-state index contributed by atoms with van der Waals surface area (Å²) in [7, 11) is 0. The molecule has 5 nitrogen and oxygen atoms in total. The highest BCUT2D eigenvalue weighted by Crippen LogP contribution is 2.23. The molecule has 0 fully saturated rings. The largest absolute Gasteiger partial charge is 0.489 e. The lowest BCUT2D eigenvalue weighted by molar-refractivity contribution is -0.119. The van der Waals surface area contributed by atoms with Crippen LogP contribution < -0.4 is 15.4 Å². The van der Waals surface area contributed by atoms with Gasteiger partial charge < -0.3 is 20.1 Å². The fraction of sp³-hybridized carbons (Fsp3) is 0.300. The van der Waals surface area contributed by atoms with E-state index in [2.05, 4.69) is 10.6 Å². The Labute approximate surface area is 159 Å². The van der Waals surface area contributed by atoms with Gasteiger partial charge in [0.15, 0.2) is 5.11 Å². The van der Waals surface area contributed by atoms with E-state index >= 15 is 0 Å². The molecule has 0 aliphatic heterocycles. The lowest BCUT2D eigenvalue weighted by atomic mass is 10.1. The molecule has 0 atom stereocenters. The molecule has 6 heteroatoms. The lowest BCUT2D eigenvalue weighted by Crippen LogP contribution is -2.35. The van der Waals surface area contributed by atoms with Gasteiger partial charge in [0.05, 0.1) is 18.7 Å². The van der Waals surface area contributed by atoms with E-state index in [9.17, 15) is 4.79 Å². The smallest absolute Gasteiger partial charge is 0.230 e. The summed E-state index contributed by atoms with van der Waals surface area (Å²) in [6, 6.07) is 15.2. The number of benzene rings is 2. The Kier molecular flexibility index (Phi) is 8.05. The predicted octanol–water partition coefficient (Wildman–Crippen LogP) is 3.47. The molecule has 0 heterocycles. The van der Waals surface area contributed by atoms with Crippen LogP contribution in [0.15, 0.2) is 48.5 Å². The van der Waals surface area contributed by atoms with E-state index in [0.29, 0.717) is 31.3 Å². The van der Waals surface area contributed by atoms with E-state index in [0.717, 1.165) is 11.1 Å². The van der Waals surface area contributed by atoms with Crippen LogP contribution >= 0.6 is 12.2 Å². The molecular weight excluding hydrogens is 348 g/mol. The molecule has 0 aliphatic carbocycles. The third-order valence-corrected chi connectivity index (χ3v) is 3.89. The standard InChI is InChI=1S/C20H24N2O3S/c1-3-24-12-13-25-18-11-7-6-10-17(18)21-20(26)22-19(23)14-16-9-5-4-8-15(16)2/h4-11H,3,12-14H2,1-2H3,(H2,21,22,23,26). The van der Waals surface area contributed by atoms with Gasteiger partial charge in [0, 0.05) is 6.61 Å². The average Bonchev–Trinajstić information content (AvgIpc) is 2.62. The van der Waals surface area contributed by atoms with Gasteiger partial charge in [-0.15, -0.1) is 0 Å². The molecule has 1 amide bonds. The van der Waals surface area contributed by atoms with Crippen molar-refractivity contribution in [2.45, 2.75) is 20.3 Å². The Morgan fingerprint density at radius 2 is 1.81 bits per heavy atom. The number of rotatable bonds is 8. The first-order valence-corrected chi connectivity index (χ1v) is 8.96. The Morgan fingerprint density at radius 1 is 1.08 bits per heavy atom. The van der Waals surface area contributed by atoms with Gasteiger partial charge in [-0.05, 0) is 49.3 Å². The Morgan fingerprint density at radius 3 is 2.58 bits per heavy atom. The Balaban J connectivity index is 1.89. The van der Waals surface area contributed by atoms with Crippen molar-refractivity contribution < 1.29 is 14.3 Å². The van der Waals surface area contributed by atoms with Gasteiger partial charge in [-0.3, -0.25) is 4.79 Å². The van der Waals surface area contributed by atoms with Crippen LogP contribution in [0.5, 0.6) is 5.75 Å². The second-order valence-electron chi connectivity index (χ2n) is 5.65. The van der Waals surface area contributed by atoms with Gasteiger partial charge in [0.2, 0.25) is 5.91 Å². The molecule has 0 saturated carbocycles. The molecule has 2 aromatic rings. The first-order valence-electron chi connectivity index (χ1n) is 8.55. The van der Waals surface area contributed by atoms with Crippen LogP contribution in [0.2, 0.25) is 0 Å². The van der Waals surface area contributed by atoms with Crippen LogP contribution in [0.25, 0.3) is 0 Å². The number of hydrogen-bond donors (Lipinski definition) is 2. The molecule has 0 spiro atoms. The van der Waals surface area contributed by atoms with Crippen LogP contribution in [0, 0.1) is 6.92 Å². The second kappa shape index (κ2) is 10.5. The number of amides is 1. The van der Waals surface area contributed by atoms with E-state index in [-0.39, 0.29) is 17.4 Å². The van der Waals surface area contributed by atoms with Gasteiger partial charge in [0.1, 0.15) is 12.4 Å². The minimum atomic E-state index is -0.161. The number of ether oxygens (including phenoxy) is 2. The van der Waals surface area contributed by atoms with Crippen molar-refractivity contribution in [2.24, 2.45) is 0 Å². The number of carbonyl (C=O) groups excluding carboxylic acids is 1. The molecule has 0 bridgehead atoms. The second-order valence-corrected chi connectivity index (χ2v) is 6.06. The maximum atomic E-state index is 12.2. The number of aryl methyl sites for hydroxylation is 1. The van der Waals surface area contributed by atoms with E-state index < -0.39 is 0 Å². The average molecular weight is 372 g/mol. The van der Waals surface area contributed by atoms with Crippen molar-refractivity contribution in [1.29, 1.82) is 0 Å². The zero-order valence-corrected chi connectivity index (χ0v) is 15.9. The molecule has 0 radical (unpaired) electrons. The summed E-state index contributed by atoms with van der Waals surface area (Å²) in [5.41, 5.74) is 2.76. The van der Waals surface area contributed by atoms with Crippen LogP contribution in [-0.2, 0) is 16.0 Å². The van der Waals surface area contributed by atoms with Crippen LogP contribution in [-0.4, -0.2) is 30.8 Å². The summed E-state index contributed by atoms with van der Waals surface area (Å²) in [5.74, 6) is 0.495. The fourth-order valence-corrected chi connectivity index (χ4v) is 2.58. The molecule has 138 valence electrons. The van der Waals surface area contributed by atoms with Crippen molar-refractivity contribution in [3.8, 4) is 5.75 Å². The third kappa shape index (κ3) is 6.46. The Bertz CT molecular complexity index is 749. The molecule has 0 saturated heterocycles. The maximum Gasteiger partial charge on any atom is 0.230 e. The van der Waals surface area contributed by atoms with Crippen molar-refractivity contribution >= 4 is 28.9 Å². The number of thiocarbonyl (C=S) groups is 1. The van der Waals surface area contributed by atoms with Crippen molar-refractivity contribution in [3.05, 3.63) is 59.7 Å². The first kappa shape index (κ1) is 19.9. The van der Waals surface area contributed by atoms with Gasteiger partial charge in [-0.25, -0.2) is 0 Å². The molecule has 2 aromatic carbocycles. The summed E-state index contributed by atoms with van der Waals surface area (Å²) >= 11 is 5.25. The van der Waals surface area contributed by atoms with Gasteiger partial charge in [-0.2, -0.15) is 0 Å². The third-order valence-electron chi connectivity index (χ3n) is 3.69. The zero-order chi connectivity index (χ0) is 18.8. The predicted molar refractivity (Wildman–Crippen MR) is 108 cm³/mol. The van der Waals surface area contributed by atoms with Crippen molar-refractivity contribution in [1.82, 2.24) is 5.32 Å². The van der Waals surface area contributed by atoms with Crippen molar-refractivity contribution in [3.63, 3.8) is 0 Å². The molecule has 2 rings (SSSR count). The molecule has 0 aliphatic rings. The summed E-state index contributed by atoms with van der Waals surface area (Å²) in [4.78, 5) is 12.2. The van der Waals surface area contributed by atoms with Crippen LogP contribution in [0.1, 0.15) is 18.1 Å². The quantitative estimate of drug-likeness (QED) is 0.549. The fourth-order valence-electron chi connectivity index (χ4n) is 2.36. The summed E-state index contributed by atoms with van der Waals surface area (Å²) < 4.78 is 11.0.